The molecule has 0 aliphatic heterocycles. The van der Waals surface area contributed by atoms with Crippen LogP contribution < -0.4 is 5.32 Å². The Balaban J connectivity index is 1.87. The average Bonchev–Trinajstić information content (AvgIpc) is 2.26. The van der Waals surface area contributed by atoms with E-state index in [1.807, 2.05) is 14.1 Å². The number of likely N-dealkylation sites (N-methyl/N-ethyl adjacent to an activating group) is 1. The zero-order chi connectivity index (χ0) is 12.8. The minimum absolute atomic E-state index is 0.177. The van der Waals surface area contributed by atoms with Crippen molar-refractivity contribution in [3.05, 3.63) is 0 Å². The lowest BCUT2D eigenvalue weighted by Gasteiger charge is -2.62. The highest BCUT2D eigenvalue weighted by atomic mass is 16.2. The van der Waals surface area contributed by atoms with E-state index in [4.69, 9.17) is 0 Å². The maximum Gasteiger partial charge on any atom is 0.236 e. The fourth-order valence-electron chi connectivity index (χ4n) is 3.80. The largest absolute Gasteiger partial charge is 0.348 e. The Hall–Kier alpha value is -0.570. The summed E-state index contributed by atoms with van der Waals surface area (Å²) < 4.78 is 0. The van der Waals surface area contributed by atoms with Gasteiger partial charge in [0.2, 0.25) is 5.91 Å². The summed E-state index contributed by atoms with van der Waals surface area (Å²) in [6, 6.07) is 0.538. The number of hydrogen-bond donors (Lipinski definition) is 1. The third kappa shape index (κ3) is 2.10. The van der Waals surface area contributed by atoms with Crippen LogP contribution in [0.2, 0.25) is 0 Å². The molecule has 0 aromatic carbocycles. The van der Waals surface area contributed by atoms with Crippen LogP contribution in [0.25, 0.3) is 0 Å². The first kappa shape index (κ1) is 12.9. The predicted molar refractivity (Wildman–Crippen MR) is 69.6 cm³/mol. The molecule has 0 aromatic rings. The summed E-state index contributed by atoms with van der Waals surface area (Å²) in [6.07, 6.45) is 2.64. The van der Waals surface area contributed by atoms with E-state index in [0.29, 0.717) is 23.9 Å². The first-order valence-electron chi connectivity index (χ1n) is 6.77. The van der Waals surface area contributed by atoms with Gasteiger partial charge in [0.15, 0.2) is 0 Å². The Morgan fingerprint density at radius 1 is 1.35 bits per heavy atom. The summed E-state index contributed by atoms with van der Waals surface area (Å²) in [5.74, 6) is 2.57. The van der Waals surface area contributed by atoms with Crippen LogP contribution in [0.1, 0.15) is 33.6 Å². The fourth-order valence-corrected chi connectivity index (χ4v) is 3.80. The van der Waals surface area contributed by atoms with Gasteiger partial charge in [0.25, 0.3) is 0 Å². The van der Waals surface area contributed by atoms with Gasteiger partial charge in [-0.15, -0.1) is 0 Å². The van der Waals surface area contributed by atoms with E-state index in [2.05, 4.69) is 26.1 Å². The van der Waals surface area contributed by atoms with Crippen molar-refractivity contribution in [2.75, 3.05) is 20.6 Å². The van der Waals surface area contributed by atoms with Crippen molar-refractivity contribution in [3.63, 3.8) is 0 Å². The van der Waals surface area contributed by atoms with E-state index < -0.39 is 0 Å². The molecule has 3 rings (SSSR count). The standard InChI is InChI=1S/C14H26N2O/c1-9-11-6-10(14(11,2)3)7-12(9)15-8-13(17)16(4)5/h9-12,15H,6-8H2,1-5H3/t9?,10-,11+,12?/m0/s1. The second-order valence-corrected chi connectivity index (χ2v) is 6.73. The molecule has 0 spiro atoms. The number of fused-ring (bicyclic) bond motifs is 2. The van der Waals surface area contributed by atoms with Crippen molar-refractivity contribution in [1.82, 2.24) is 10.2 Å². The van der Waals surface area contributed by atoms with Crippen LogP contribution in [0.5, 0.6) is 0 Å². The van der Waals surface area contributed by atoms with E-state index in [0.717, 1.165) is 11.8 Å². The van der Waals surface area contributed by atoms with Crippen LogP contribution in [0.3, 0.4) is 0 Å². The number of carbonyl (C=O) groups is 1. The fraction of sp³-hybridized carbons (Fsp3) is 0.929. The van der Waals surface area contributed by atoms with Gasteiger partial charge < -0.3 is 10.2 Å². The van der Waals surface area contributed by atoms with Gasteiger partial charge in [-0.1, -0.05) is 20.8 Å². The highest BCUT2D eigenvalue weighted by Gasteiger charge is 2.55. The maximum absolute atomic E-state index is 11.6. The molecule has 3 nitrogen and oxygen atoms in total. The summed E-state index contributed by atoms with van der Waals surface area (Å²) in [7, 11) is 3.63. The Bertz CT molecular complexity index is 311. The summed E-state index contributed by atoms with van der Waals surface area (Å²) in [6.45, 7) is 7.65. The third-order valence-electron chi connectivity index (χ3n) is 5.37. The van der Waals surface area contributed by atoms with E-state index in [-0.39, 0.29) is 5.91 Å². The summed E-state index contributed by atoms with van der Waals surface area (Å²) in [4.78, 5) is 13.2. The molecule has 3 aliphatic rings. The Morgan fingerprint density at radius 2 is 2.00 bits per heavy atom. The zero-order valence-electron chi connectivity index (χ0n) is 11.8. The monoisotopic (exact) mass is 238 g/mol. The first-order chi connectivity index (χ1) is 7.84. The second-order valence-electron chi connectivity index (χ2n) is 6.73. The van der Waals surface area contributed by atoms with Gasteiger partial charge in [0.05, 0.1) is 6.54 Å². The normalized spacial score (nSPS) is 38.4. The zero-order valence-corrected chi connectivity index (χ0v) is 11.8. The van der Waals surface area contributed by atoms with Gasteiger partial charge in [-0.3, -0.25) is 4.79 Å². The topological polar surface area (TPSA) is 32.3 Å². The molecule has 2 unspecified atom stereocenters. The molecular formula is C14H26N2O. The van der Waals surface area contributed by atoms with Crippen LogP contribution >= 0.6 is 0 Å². The number of nitrogens with one attached hydrogen (secondary N) is 1. The minimum atomic E-state index is 0.177. The van der Waals surface area contributed by atoms with E-state index in [1.165, 1.54) is 12.8 Å². The number of amides is 1. The van der Waals surface area contributed by atoms with Gasteiger partial charge in [-0.2, -0.15) is 0 Å². The first-order valence-corrected chi connectivity index (χ1v) is 6.77. The maximum atomic E-state index is 11.6. The van der Waals surface area contributed by atoms with E-state index in [9.17, 15) is 4.79 Å². The smallest absolute Gasteiger partial charge is 0.236 e. The summed E-state index contributed by atoms with van der Waals surface area (Å²) in [5.41, 5.74) is 0.531. The lowest BCUT2D eigenvalue weighted by Crippen LogP contribution is -2.60. The third-order valence-corrected chi connectivity index (χ3v) is 5.37. The highest BCUT2D eigenvalue weighted by Crippen LogP contribution is 2.61. The van der Waals surface area contributed by atoms with Crippen molar-refractivity contribution in [1.29, 1.82) is 0 Å². The minimum Gasteiger partial charge on any atom is -0.348 e. The number of hydrogen-bond acceptors (Lipinski definition) is 2. The van der Waals surface area contributed by atoms with Gasteiger partial charge in [0, 0.05) is 20.1 Å². The molecule has 0 saturated heterocycles. The van der Waals surface area contributed by atoms with Crippen LogP contribution in [0.4, 0.5) is 0 Å². The SMILES string of the molecule is CC1C(NCC(=O)N(C)C)C[C@@H]2C[C@H]1C2(C)C. The van der Waals surface area contributed by atoms with Gasteiger partial charge in [-0.25, -0.2) is 0 Å². The van der Waals surface area contributed by atoms with Gasteiger partial charge >= 0.3 is 0 Å². The highest BCUT2D eigenvalue weighted by molar-refractivity contribution is 5.77. The Kier molecular flexibility index (Phi) is 3.23. The lowest BCUT2D eigenvalue weighted by molar-refractivity contribution is -0.130. The molecule has 3 fully saturated rings. The van der Waals surface area contributed by atoms with Crippen LogP contribution in [0.15, 0.2) is 0 Å². The van der Waals surface area contributed by atoms with E-state index >= 15 is 0 Å². The molecule has 0 radical (unpaired) electrons. The summed E-state index contributed by atoms with van der Waals surface area (Å²) in [5, 5.41) is 3.46. The Morgan fingerprint density at radius 3 is 2.47 bits per heavy atom. The number of rotatable bonds is 3. The number of carbonyl (C=O) groups excluding carboxylic acids is 1. The molecule has 1 N–H and O–H groups in total. The van der Waals surface area contributed by atoms with Crippen molar-refractivity contribution in [3.8, 4) is 0 Å². The van der Waals surface area contributed by atoms with E-state index in [1.54, 1.807) is 4.90 Å². The second kappa shape index (κ2) is 4.27. The lowest BCUT2D eigenvalue weighted by atomic mass is 9.45. The molecule has 3 aliphatic carbocycles. The summed E-state index contributed by atoms with van der Waals surface area (Å²) >= 11 is 0. The van der Waals surface area contributed by atoms with Crippen molar-refractivity contribution in [2.45, 2.75) is 39.7 Å². The molecule has 98 valence electrons. The quantitative estimate of drug-likeness (QED) is 0.812. The molecule has 0 heterocycles. The molecule has 3 heteroatoms. The molecule has 3 saturated carbocycles. The van der Waals surface area contributed by atoms with Gasteiger partial charge in [-0.05, 0) is 36.0 Å². The molecular weight excluding hydrogens is 212 g/mol. The molecule has 0 aromatic heterocycles. The van der Waals surface area contributed by atoms with Crippen LogP contribution in [-0.4, -0.2) is 37.5 Å². The van der Waals surface area contributed by atoms with Crippen molar-refractivity contribution < 1.29 is 4.79 Å². The predicted octanol–water partition coefficient (Wildman–Crippen LogP) is 1.73. The van der Waals surface area contributed by atoms with Crippen LogP contribution in [0, 0.1) is 23.2 Å². The van der Waals surface area contributed by atoms with Gasteiger partial charge in [0.1, 0.15) is 0 Å². The average molecular weight is 238 g/mol. The Labute approximate surface area is 105 Å². The molecule has 4 atom stereocenters. The molecule has 2 bridgehead atoms. The van der Waals surface area contributed by atoms with Crippen molar-refractivity contribution in [2.24, 2.45) is 23.2 Å². The van der Waals surface area contributed by atoms with Crippen molar-refractivity contribution >= 4 is 5.91 Å². The molecule has 1 amide bonds. The molecule has 17 heavy (non-hydrogen) atoms. The number of nitrogens with zero attached hydrogens (tertiary/aromatic N) is 1. The van der Waals surface area contributed by atoms with Crippen LogP contribution in [-0.2, 0) is 4.79 Å².